The first-order valence-electron chi connectivity index (χ1n) is 9.40. The molecule has 8 heteroatoms. The minimum atomic E-state index is -0.189. The van der Waals surface area contributed by atoms with Crippen LogP contribution in [0.3, 0.4) is 0 Å². The molecule has 1 N–H and O–H groups in total. The molecule has 3 aromatic rings. The average Bonchev–Trinajstić information content (AvgIpc) is 3.12. The summed E-state index contributed by atoms with van der Waals surface area (Å²) in [5.41, 5.74) is 1.78. The fourth-order valence-corrected chi connectivity index (χ4v) is 3.78. The van der Waals surface area contributed by atoms with Crippen LogP contribution >= 0.6 is 11.3 Å². The molecule has 2 heterocycles. The lowest BCUT2D eigenvalue weighted by atomic mass is 10.0. The highest BCUT2D eigenvalue weighted by molar-refractivity contribution is 7.20. The molecule has 0 aliphatic rings. The maximum Gasteiger partial charge on any atom is 0.275 e. The van der Waals surface area contributed by atoms with Gasteiger partial charge in [0.05, 0.1) is 6.54 Å². The van der Waals surface area contributed by atoms with Crippen molar-refractivity contribution in [1.29, 1.82) is 0 Å². The Hall–Kier alpha value is -2.74. The van der Waals surface area contributed by atoms with Gasteiger partial charge in [-0.25, -0.2) is 4.98 Å². The summed E-state index contributed by atoms with van der Waals surface area (Å²) in [7, 11) is 1.79. The lowest BCUT2D eigenvalue weighted by Crippen LogP contribution is -2.36. The topological polar surface area (TPSA) is 79.6 Å². The molecular formula is C20H25N5O2S. The van der Waals surface area contributed by atoms with Crippen molar-refractivity contribution in [3.8, 4) is 0 Å². The van der Waals surface area contributed by atoms with Crippen LogP contribution in [0, 0.1) is 0 Å². The number of rotatable bonds is 8. The molecule has 0 aliphatic heterocycles. The van der Waals surface area contributed by atoms with Gasteiger partial charge < -0.3 is 10.2 Å². The van der Waals surface area contributed by atoms with Gasteiger partial charge in [-0.05, 0) is 17.9 Å². The minimum absolute atomic E-state index is 0.0866. The largest absolute Gasteiger partial charge is 0.354 e. The zero-order chi connectivity index (χ0) is 20.1. The van der Waals surface area contributed by atoms with Crippen LogP contribution in [0.25, 0.3) is 4.96 Å². The van der Waals surface area contributed by atoms with E-state index in [0.29, 0.717) is 16.6 Å². The van der Waals surface area contributed by atoms with Crippen LogP contribution in [0.5, 0.6) is 0 Å². The Morgan fingerprint density at radius 2 is 2.07 bits per heavy atom. The van der Waals surface area contributed by atoms with Crippen molar-refractivity contribution in [2.75, 3.05) is 25.0 Å². The molecule has 0 unspecified atom stereocenters. The van der Waals surface area contributed by atoms with E-state index >= 15 is 0 Å². The Morgan fingerprint density at radius 1 is 1.32 bits per heavy atom. The van der Waals surface area contributed by atoms with E-state index in [-0.39, 0.29) is 23.9 Å². The van der Waals surface area contributed by atoms with Gasteiger partial charge in [-0.1, -0.05) is 61.9 Å². The molecule has 0 saturated heterocycles. The van der Waals surface area contributed by atoms with E-state index in [1.54, 1.807) is 11.9 Å². The second kappa shape index (κ2) is 8.97. The number of aryl methyl sites for hydroxylation is 1. The lowest BCUT2D eigenvalue weighted by molar-refractivity contribution is -0.119. The summed E-state index contributed by atoms with van der Waals surface area (Å²) >= 11 is 1.31. The molecule has 0 saturated carbocycles. The predicted octanol–water partition coefficient (Wildman–Crippen LogP) is 2.46. The number of amides is 1. The lowest BCUT2D eigenvalue weighted by Gasteiger charge is -2.17. The summed E-state index contributed by atoms with van der Waals surface area (Å²) in [6, 6.07) is 11.6. The van der Waals surface area contributed by atoms with E-state index in [9.17, 15) is 9.59 Å². The van der Waals surface area contributed by atoms with Crippen molar-refractivity contribution >= 4 is 27.3 Å². The number of aromatic nitrogens is 3. The zero-order valence-corrected chi connectivity index (χ0v) is 17.2. The molecule has 3 rings (SSSR count). The number of anilines is 1. The summed E-state index contributed by atoms with van der Waals surface area (Å²) < 4.78 is 1.30. The number of hydrogen-bond acceptors (Lipinski definition) is 6. The number of carbonyl (C=O) groups is 1. The van der Waals surface area contributed by atoms with Gasteiger partial charge in [-0.15, -0.1) is 5.10 Å². The van der Waals surface area contributed by atoms with Crippen LogP contribution in [0.15, 0.2) is 41.2 Å². The second-order valence-corrected chi connectivity index (χ2v) is 7.82. The number of hydrogen-bond donors (Lipinski definition) is 1. The fourth-order valence-electron chi connectivity index (χ4n) is 2.89. The van der Waals surface area contributed by atoms with Gasteiger partial charge in [0.25, 0.3) is 5.56 Å². The highest BCUT2D eigenvalue weighted by Crippen LogP contribution is 2.20. The van der Waals surface area contributed by atoms with Crippen LogP contribution in [-0.2, 0) is 11.2 Å². The Kier molecular flexibility index (Phi) is 6.41. The predicted molar refractivity (Wildman–Crippen MR) is 112 cm³/mol. The highest BCUT2D eigenvalue weighted by atomic mass is 32.1. The fraction of sp³-hybridized carbons (Fsp3) is 0.400. The van der Waals surface area contributed by atoms with Gasteiger partial charge in [-0.3, -0.25) is 9.59 Å². The van der Waals surface area contributed by atoms with E-state index in [2.05, 4.69) is 34.5 Å². The molecule has 0 fully saturated rings. The van der Waals surface area contributed by atoms with Crippen LogP contribution in [-0.4, -0.2) is 40.6 Å². The Balaban J connectivity index is 1.62. The van der Waals surface area contributed by atoms with E-state index in [0.717, 1.165) is 18.5 Å². The quantitative estimate of drug-likeness (QED) is 0.629. The summed E-state index contributed by atoms with van der Waals surface area (Å²) in [5.74, 6) is 0.147. The molecule has 148 valence electrons. The standard InChI is InChI=1S/C20H25N5O2S/c1-4-8-16-11-18(27)25-19(22-16)28-20(23-25)24(3)13-17(26)21-12-14(2)15-9-6-5-7-10-15/h5-7,9-11,14H,4,8,12-13H2,1-3H3,(H,21,26)/t14-/m0/s1. The number of fused-ring (bicyclic) bond motifs is 1. The average molecular weight is 400 g/mol. The molecule has 0 spiro atoms. The van der Waals surface area contributed by atoms with E-state index in [1.165, 1.54) is 27.5 Å². The van der Waals surface area contributed by atoms with E-state index in [1.807, 2.05) is 25.1 Å². The van der Waals surface area contributed by atoms with Gasteiger partial charge in [0, 0.05) is 25.4 Å². The SMILES string of the molecule is CCCc1cc(=O)n2nc(N(C)CC(=O)NC[C@H](C)c3ccccc3)sc2n1. The number of carbonyl (C=O) groups excluding carboxylic acids is 1. The third-order valence-electron chi connectivity index (χ3n) is 4.47. The maximum absolute atomic E-state index is 12.3. The molecule has 28 heavy (non-hydrogen) atoms. The smallest absolute Gasteiger partial charge is 0.275 e. The van der Waals surface area contributed by atoms with E-state index in [4.69, 9.17) is 0 Å². The molecule has 2 aromatic heterocycles. The highest BCUT2D eigenvalue weighted by Gasteiger charge is 2.15. The van der Waals surface area contributed by atoms with Crippen molar-refractivity contribution in [3.63, 3.8) is 0 Å². The third kappa shape index (κ3) is 4.75. The molecule has 1 amide bonds. The first-order valence-corrected chi connectivity index (χ1v) is 10.2. The van der Waals surface area contributed by atoms with Crippen LogP contribution < -0.4 is 15.8 Å². The maximum atomic E-state index is 12.3. The molecule has 0 radical (unpaired) electrons. The summed E-state index contributed by atoms with van der Waals surface area (Å²) in [6.07, 6.45) is 1.69. The Bertz CT molecular complexity index is 999. The van der Waals surface area contributed by atoms with Crippen LogP contribution in [0.4, 0.5) is 5.13 Å². The van der Waals surface area contributed by atoms with Gasteiger partial charge in [0.15, 0.2) is 0 Å². The summed E-state index contributed by atoms with van der Waals surface area (Å²) in [5, 5.41) is 7.87. The van der Waals surface area contributed by atoms with Gasteiger partial charge in [0.1, 0.15) is 0 Å². The van der Waals surface area contributed by atoms with Crippen molar-refractivity contribution in [2.45, 2.75) is 32.6 Å². The van der Waals surface area contributed by atoms with Crippen molar-refractivity contribution in [2.24, 2.45) is 0 Å². The molecule has 0 aliphatic carbocycles. The third-order valence-corrected chi connectivity index (χ3v) is 5.50. The molecule has 7 nitrogen and oxygen atoms in total. The van der Waals surface area contributed by atoms with Gasteiger partial charge >= 0.3 is 0 Å². The van der Waals surface area contributed by atoms with Crippen LogP contribution in [0.1, 0.15) is 37.4 Å². The Morgan fingerprint density at radius 3 is 2.79 bits per heavy atom. The van der Waals surface area contributed by atoms with Crippen molar-refractivity contribution < 1.29 is 4.79 Å². The molecular weight excluding hydrogens is 374 g/mol. The zero-order valence-electron chi connectivity index (χ0n) is 16.4. The summed E-state index contributed by atoms with van der Waals surface area (Å²) in [6.45, 7) is 4.86. The molecule has 0 bridgehead atoms. The van der Waals surface area contributed by atoms with E-state index < -0.39 is 0 Å². The number of nitrogens with zero attached hydrogens (tertiary/aromatic N) is 4. The number of likely N-dealkylation sites (N-methyl/N-ethyl adjacent to an activating group) is 1. The minimum Gasteiger partial charge on any atom is -0.354 e. The van der Waals surface area contributed by atoms with Gasteiger partial charge in [-0.2, -0.15) is 4.52 Å². The number of benzene rings is 1. The molecule has 1 atom stereocenters. The summed E-state index contributed by atoms with van der Waals surface area (Å²) in [4.78, 5) is 31.3. The Labute approximate surface area is 168 Å². The van der Waals surface area contributed by atoms with Crippen LogP contribution in [0.2, 0.25) is 0 Å². The van der Waals surface area contributed by atoms with Crippen molar-refractivity contribution in [1.82, 2.24) is 19.9 Å². The second-order valence-electron chi connectivity index (χ2n) is 6.89. The first kappa shape index (κ1) is 20.0. The van der Waals surface area contributed by atoms with Crippen molar-refractivity contribution in [3.05, 3.63) is 58.0 Å². The normalized spacial score (nSPS) is 12.1. The molecule has 1 aromatic carbocycles. The van der Waals surface area contributed by atoms with Gasteiger partial charge in [0.2, 0.25) is 16.0 Å². The number of nitrogens with one attached hydrogen (secondary N) is 1. The monoisotopic (exact) mass is 399 g/mol. The first-order chi connectivity index (χ1) is 13.5.